The average molecular weight is 186 g/mol. The Hall–Kier alpha value is -1.57. The van der Waals surface area contributed by atoms with E-state index in [0.29, 0.717) is 5.82 Å². The van der Waals surface area contributed by atoms with Gasteiger partial charge in [0, 0.05) is 5.39 Å². The monoisotopic (exact) mass is 186 g/mol. The smallest absolute Gasteiger partial charge is 0.124 e. The van der Waals surface area contributed by atoms with Crippen molar-refractivity contribution in [1.82, 2.24) is 4.98 Å². The van der Waals surface area contributed by atoms with Crippen LogP contribution >= 0.6 is 0 Å². The van der Waals surface area contributed by atoms with Gasteiger partial charge < -0.3 is 5.73 Å². The molecule has 0 saturated carbocycles. The molecule has 2 nitrogen and oxygen atoms in total. The van der Waals surface area contributed by atoms with Crippen LogP contribution in [0.5, 0.6) is 0 Å². The highest BCUT2D eigenvalue weighted by Gasteiger charge is 2.03. The summed E-state index contributed by atoms with van der Waals surface area (Å²) in [7, 11) is 0. The van der Waals surface area contributed by atoms with Crippen LogP contribution in [0.15, 0.2) is 24.3 Å². The third kappa shape index (κ3) is 1.33. The largest absolute Gasteiger partial charge is 0.384 e. The second kappa shape index (κ2) is 3.29. The van der Waals surface area contributed by atoms with Crippen molar-refractivity contribution in [1.29, 1.82) is 0 Å². The molecule has 1 aromatic heterocycles. The van der Waals surface area contributed by atoms with E-state index in [1.54, 1.807) is 0 Å². The van der Waals surface area contributed by atoms with Gasteiger partial charge in [0.05, 0.1) is 5.52 Å². The molecule has 0 spiro atoms. The van der Waals surface area contributed by atoms with Crippen molar-refractivity contribution in [3.63, 3.8) is 0 Å². The van der Waals surface area contributed by atoms with Crippen molar-refractivity contribution in [3.05, 3.63) is 35.4 Å². The summed E-state index contributed by atoms with van der Waals surface area (Å²) in [5.41, 5.74) is 9.24. The van der Waals surface area contributed by atoms with E-state index in [0.717, 1.165) is 11.9 Å². The Bertz CT molecular complexity index is 475. The minimum absolute atomic E-state index is 0.607. The predicted molar refractivity (Wildman–Crippen MR) is 60.3 cm³/mol. The molecule has 2 rings (SSSR count). The fourth-order valence-electron chi connectivity index (χ4n) is 1.79. The molecule has 0 atom stereocenters. The Kier molecular flexibility index (Phi) is 2.12. The third-order valence-electron chi connectivity index (χ3n) is 2.53. The van der Waals surface area contributed by atoms with Crippen molar-refractivity contribution in [2.75, 3.05) is 5.73 Å². The number of aromatic nitrogens is 1. The van der Waals surface area contributed by atoms with Crippen molar-refractivity contribution >= 4 is 16.7 Å². The van der Waals surface area contributed by atoms with Crippen molar-refractivity contribution in [2.45, 2.75) is 20.3 Å². The summed E-state index contributed by atoms with van der Waals surface area (Å²) >= 11 is 0. The van der Waals surface area contributed by atoms with Gasteiger partial charge in [0.2, 0.25) is 0 Å². The first kappa shape index (κ1) is 9.00. The zero-order valence-electron chi connectivity index (χ0n) is 8.54. The normalized spacial score (nSPS) is 10.7. The predicted octanol–water partition coefficient (Wildman–Crippen LogP) is 2.69. The van der Waals surface area contributed by atoms with Gasteiger partial charge in [-0.05, 0) is 30.5 Å². The third-order valence-corrected chi connectivity index (χ3v) is 2.53. The summed E-state index contributed by atoms with van der Waals surface area (Å²) in [5.74, 6) is 0.607. The second-order valence-corrected chi connectivity index (χ2v) is 3.53. The van der Waals surface area contributed by atoms with Crippen LogP contribution in [0, 0.1) is 6.92 Å². The quantitative estimate of drug-likeness (QED) is 0.743. The highest BCUT2D eigenvalue weighted by atomic mass is 14.8. The van der Waals surface area contributed by atoms with Crippen LogP contribution in [0.2, 0.25) is 0 Å². The summed E-state index contributed by atoms with van der Waals surface area (Å²) in [6.07, 6.45) is 0.993. The van der Waals surface area contributed by atoms with E-state index in [2.05, 4.69) is 37.0 Å². The van der Waals surface area contributed by atoms with E-state index < -0.39 is 0 Å². The van der Waals surface area contributed by atoms with Gasteiger partial charge in [0.15, 0.2) is 0 Å². The van der Waals surface area contributed by atoms with Crippen molar-refractivity contribution in [3.8, 4) is 0 Å². The van der Waals surface area contributed by atoms with E-state index in [1.807, 2.05) is 6.07 Å². The van der Waals surface area contributed by atoms with Crippen LogP contribution in [-0.4, -0.2) is 4.98 Å². The molecule has 0 aliphatic heterocycles. The number of hydrogen-bond donors (Lipinski definition) is 1. The molecule has 0 aliphatic carbocycles. The number of aryl methyl sites for hydroxylation is 2. The highest BCUT2D eigenvalue weighted by Crippen LogP contribution is 2.22. The van der Waals surface area contributed by atoms with E-state index in [9.17, 15) is 0 Å². The van der Waals surface area contributed by atoms with Crippen LogP contribution in [0.4, 0.5) is 5.82 Å². The van der Waals surface area contributed by atoms with Gasteiger partial charge in [0.25, 0.3) is 0 Å². The fourth-order valence-corrected chi connectivity index (χ4v) is 1.79. The summed E-state index contributed by atoms with van der Waals surface area (Å²) in [4.78, 5) is 4.39. The van der Waals surface area contributed by atoms with E-state index >= 15 is 0 Å². The number of nitrogen functional groups attached to an aromatic ring is 1. The van der Waals surface area contributed by atoms with Crippen LogP contribution in [0.3, 0.4) is 0 Å². The minimum Gasteiger partial charge on any atom is -0.384 e. The molecular weight excluding hydrogens is 172 g/mol. The molecule has 1 aromatic carbocycles. The standard InChI is InChI=1S/C12H14N2/c1-3-9-5-4-6-10-8(2)7-11(13)14-12(9)10/h4-7H,3H2,1-2H3,(H2,13,14). The number of hydrogen-bond acceptors (Lipinski definition) is 2. The van der Waals surface area contributed by atoms with Gasteiger partial charge in [-0.1, -0.05) is 25.1 Å². The molecule has 0 saturated heterocycles. The molecule has 0 amide bonds. The van der Waals surface area contributed by atoms with Crippen LogP contribution in [0.25, 0.3) is 10.9 Å². The Morgan fingerprint density at radius 2 is 2.14 bits per heavy atom. The number of fused-ring (bicyclic) bond motifs is 1. The molecule has 0 unspecified atom stereocenters. The van der Waals surface area contributed by atoms with E-state index in [-0.39, 0.29) is 0 Å². The maximum Gasteiger partial charge on any atom is 0.124 e. The molecule has 72 valence electrons. The zero-order valence-corrected chi connectivity index (χ0v) is 8.54. The molecule has 2 aromatic rings. The lowest BCUT2D eigenvalue weighted by Gasteiger charge is -2.06. The van der Waals surface area contributed by atoms with Crippen LogP contribution < -0.4 is 5.73 Å². The minimum atomic E-state index is 0.607. The second-order valence-electron chi connectivity index (χ2n) is 3.53. The van der Waals surface area contributed by atoms with Gasteiger partial charge in [-0.25, -0.2) is 4.98 Å². The lowest BCUT2D eigenvalue weighted by Crippen LogP contribution is -1.95. The number of pyridine rings is 1. The first-order chi connectivity index (χ1) is 6.72. The number of nitrogens with two attached hydrogens (primary N) is 1. The summed E-state index contributed by atoms with van der Waals surface area (Å²) in [6, 6.07) is 8.19. The van der Waals surface area contributed by atoms with Gasteiger partial charge in [-0.15, -0.1) is 0 Å². The number of para-hydroxylation sites is 1. The zero-order chi connectivity index (χ0) is 10.1. The number of rotatable bonds is 1. The lowest BCUT2D eigenvalue weighted by molar-refractivity contribution is 1.14. The van der Waals surface area contributed by atoms with Crippen molar-refractivity contribution < 1.29 is 0 Å². The Morgan fingerprint density at radius 3 is 2.86 bits per heavy atom. The molecule has 0 fully saturated rings. The lowest BCUT2D eigenvalue weighted by atomic mass is 10.0. The Balaban J connectivity index is 2.86. The van der Waals surface area contributed by atoms with Gasteiger partial charge in [0.1, 0.15) is 5.82 Å². The molecule has 0 bridgehead atoms. The number of nitrogens with zero attached hydrogens (tertiary/aromatic N) is 1. The number of benzene rings is 1. The molecule has 2 heteroatoms. The number of anilines is 1. The Labute approximate surface area is 83.8 Å². The van der Waals surface area contributed by atoms with Gasteiger partial charge in [-0.2, -0.15) is 0 Å². The maximum absolute atomic E-state index is 5.74. The van der Waals surface area contributed by atoms with Crippen LogP contribution in [0.1, 0.15) is 18.1 Å². The summed E-state index contributed by atoms with van der Waals surface area (Å²) in [6.45, 7) is 4.20. The first-order valence-corrected chi connectivity index (χ1v) is 4.87. The highest BCUT2D eigenvalue weighted by molar-refractivity contribution is 5.86. The van der Waals surface area contributed by atoms with Gasteiger partial charge in [-0.3, -0.25) is 0 Å². The van der Waals surface area contributed by atoms with Crippen molar-refractivity contribution in [2.24, 2.45) is 0 Å². The molecule has 2 N–H and O–H groups in total. The van der Waals surface area contributed by atoms with Gasteiger partial charge >= 0.3 is 0 Å². The molecule has 0 radical (unpaired) electrons. The van der Waals surface area contributed by atoms with Crippen LogP contribution in [-0.2, 0) is 6.42 Å². The van der Waals surface area contributed by atoms with E-state index in [4.69, 9.17) is 5.73 Å². The topological polar surface area (TPSA) is 38.9 Å². The summed E-state index contributed by atoms with van der Waals surface area (Å²) in [5, 5.41) is 1.21. The average Bonchev–Trinajstić information content (AvgIpc) is 2.17. The first-order valence-electron chi connectivity index (χ1n) is 4.87. The fraction of sp³-hybridized carbons (Fsp3) is 0.250. The summed E-state index contributed by atoms with van der Waals surface area (Å²) < 4.78 is 0. The molecule has 14 heavy (non-hydrogen) atoms. The van der Waals surface area contributed by atoms with E-state index in [1.165, 1.54) is 16.5 Å². The maximum atomic E-state index is 5.74. The molecule has 1 heterocycles. The SMILES string of the molecule is CCc1cccc2c(C)cc(N)nc12. The Morgan fingerprint density at radius 1 is 1.36 bits per heavy atom. The molecule has 0 aliphatic rings. The molecular formula is C12H14N2.